The molecule has 0 radical (unpaired) electrons. The topological polar surface area (TPSA) is 58.2 Å². The molecule has 1 aliphatic rings. The number of methoxy groups -OCH3 is 1. The van der Waals surface area contributed by atoms with Crippen molar-refractivity contribution in [2.45, 2.75) is 64.3 Å². The molecule has 29 heavy (non-hydrogen) atoms. The predicted molar refractivity (Wildman–Crippen MR) is 116 cm³/mol. The number of ether oxygens (including phenoxy) is 1. The van der Waals surface area contributed by atoms with Crippen molar-refractivity contribution in [3.63, 3.8) is 0 Å². The van der Waals surface area contributed by atoms with Crippen LogP contribution in [0.2, 0.25) is 0 Å². The highest BCUT2D eigenvalue weighted by Crippen LogP contribution is 2.37. The molecule has 0 spiro atoms. The van der Waals surface area contributed by atoms with Gasteiger partial charge >= 0.3 is 0 Å². The Morgan fingerprint density at radius 3 is 2.55 bits per heavy atom. The van der Waals surface area contributed by atoms with Crippen molar-refractivity contribution in [3.05, 3.63) is 60.1 Å². The van der Waals surface area contributed by atoms with Crippen LogP contribution in [0, 0.1) is 5.92 Å². The van der Waals surface area contributed by atoms with Crippen LogP contribution in [0.4, 0.5) is 0 Å². The van der Waals surface area contributed by atoms with Gasteiger partial charge in [0.25, 0.3) is 0 Å². The molecule has 1 aromatic carbocycles. The molecule has 0 unspecified atom stereocenters. The van der Waals surface area contributed by atoms with Crippen LogP contribution in [-0.4, -0.2) is 47.7 Å². The number of rotatable bonds is 7. The van der Waals surface area contributed by atoms with Gasteiger partial charge < -0.3 is 19.2 Å². The monoisotopic (exact) mass is 398 g/mol. The van der Waals surface area contributed by atoms with Gasteiger partial charge in [-0.25, -0.2) is 0 Å². The van der Waals surface area contributed by atoms with E-state index in [2.05, 4.69) is 37.8 Å². The summed E-state index contributed by atoms with van der Waals surface area (Å²) < 4.78 is 11.3. The number of nitrogens with zero attached hydrogens (tertiary/aromatic N) is 2. The average Bonchev–Trinajstić information content (AvgIpc) is 3.26. The number of hydrogen-bond donors (Lipinski definition) is 1. The molecule has 4 atom stereocenters. The Hall–Kier alpha value is -2.11. The van der Waals surface area contributed by atoms with Gasteiger partial charge in [0.1, 0.15) is 11.6 Å². The number of furan rings is 1. The van der Waals surface area contributed by atoms with E-state index in [1.165, 1.54) is 0 Å². The molecule has 0 bridgehead atoms. The number of aliphatic hydroxyl groups excluding tert-OH is 1. The summed E-state index contributed by atoms with van der Waals surface area (Å²) in [5, 5.41) is 10.8. The van der Waals surface area contributed by atoms with Crippen molar-refractivity contribution in [2.24, 2.45) is 10.9 Å². The highest BCUT2D eigenvalue weighted by atomic mass is 16.5. The minimum atomic E-state index is -0.389. The van der Waals surface area contributed by atoms with Gasteiger partial charge in [-0.2, -0.15) is 0 Å². The number of amidine groups is 1. The van der Waals surface area contributed by atoms with Crippen LogP contribution >= 0.6 is 0 Å². The predicted octanol–water partition coefficient (Wildman–Crippen LogP) is 4.67. The van der Waals surface area contributed by atoms with E-state index < -0.39 is 0 Å². The van der Waals surface area contributed by atoms with E-state index in [-0.39, 0.29) is 24.2 Å². The molecule has 1 saturated heterocycles. The van der Waals surface area contributed by atoms with Gasteiger partial charge in [0.2, 0.25) is 0 Å². The molecule has 158 valence electrons. The summed E-state index contributed by atoms with van der Waals surface area (Å²) in [6.07, 6.45) is 3.75. The second-order valence-electron chi connectivity index (χ2n) is 8.14. The lowest BCUT2D eigenvalue weighted by Crippen LogP contribution is -2.52. The first kappa shape index (κ1) is 21.6. The maximum atomic E-state index is 10.8. The first-order chi connectivity index (χ1) is 14.1. The number of aliphatic imine (C=N–C) groups is 1. The molecule has 5 heteroatoms. The Morgan fingerprint density at radius 2 is 1.97 bits per heavy atom. The molecule has 0 saturated carbocycles. The first-order valence-electron chi connectivity index (χ1n) is 10.7. The highest BCUT2D eigenvalue weighted by Gasteiger charge is 2.40. The minimum Gasteiger partial charge on any atom is -0.467 e. The van der Waals surface area contributed by atoms with Gasteiger partial charge in [-0.15, -0.1) is 0 Å². The van der Waals surface area contributed by atoms with Crippen LogP contribution in [0.3, 0.4) is 0 Å². The normalized spacial score (nSPS) is 24.1. The molecule has 2 heterocycles. The standard InChI is InChI=1S/C24H34N2O3/c1-5-20-22(27)14-13-21(23-12-9-15-29-23)26(20)24(18-10-7-6-8-11-18)25-19(16-28-4)17(2)3/h6-12,15,17,19-22,27H,5,13-14,16H2,1-4H3/t19-,20-,21+,22-/m1/s1. The number of hydrogen-bond acceptors (Lipinski definition) is 4. The first-order valence-corrected chi connectivity index (χ1v) is 10.7. The van der Waals surface area contributed by atoms with Crippen molar-refractivity contribution >= 4 is 5.84 Å². The highest BCUT2D eigenvalue weighted by molar-refractivity contribution is 5.99. The Morgan fingerprint density at radius 1 is 1.21 bits per heavy atom. The smallest absolute Gasteiger partial charge is 0.132 e. The van der Waals surface area contributed by atoms with E-state index in [1.54, 1.807) is 13.4 Å². The van der Waals surface area contributed by atoms with E-state index in [4.69, 9.17) is 14.1 Å². The summed E-state index contributed by atoms with van der Waals surface area (Å²) in [5.74, 6) is 2.17. The van der Waals surface area contributed by atoms with Crippen LogP contribution in [-0.2, 0) is 4.74 Å². The zero-order valence-electron chi connectivity index (χ0n) is 18.0. The Balaban J connectivity index is 2.13. The van der Waals surface area contributed by atoms with E-state index in [0.717, 1.165) is 36.4 Å². The molecule has 1 N–H and O–H groups in total. The Labute approximate surface area is 174 Å². The zero-order chi connectivity index (χ0) is 20.8. The van der Waals surface area contributed by atoms with Crippen molar-refractivity contribution in [2.75, 3.05) is 13.7 Å². The molecular weight excluding hydrogens is 364 g/mol. The van der Waals surface area contributed by atoms with E-state index in [1.807, 2.05) is 30.3 Å². The van der Waals surface area contributed by atoms with Crippen LogP contribution in [0.5, 0.6) is 0 Å². The quantitative estimate of drug-likeness (QED) is 0.544. The molecule has 1 aliphatic heterocycles. The van der Waals surface area contributed by atoms with Crippen LogP contribution < -0.4 is 0 Å². The molecule has 0 aliphatic carbocycles. The fourth-order valence-corrected chi connectivity index (χ4v) is 4.19. The molecule has 0 amide bonds. The summed E-state index contributed by atoms with van der Waals surface area (Å²) in [6.45, 7) is 7.03. The summed E-state index contributed by atoms with van der Waals surface area (Å²) in [5.41, 5.74) is 1.05. The molecule has 3 rings (SSSR count). The van der Waals surface area contributed by atoms with Gasteiger partial charge in [0.15, 0.2) is 0 Å². The second-order valence-corrected chi connectivity index (χ2v) is 8.14. The SMILES string of the molecule is CC[C@@H]1[C@H](O)CC[C@@H](c2ccco2)N1C(=N[C@H](COC)C(C)C)c1ccccc1. The molecule has 1 fully saturated rings. The zero-order valence-corrected chi connectivity index (χ0v) is 18.0. The van der Waals surface area contributed by atoms with Gasteiger partial charge in [0.05, 0.1) is 37.1 Å². The molecule has 5 nitrogen and oxygen atoms in total. The van der Waals surface area contributed by atoms with Crippen LogP contribution in [0.1, 0.15) is 57.4 Å². The minimum absolute atomic E-state index is 0.0202. The van der Waals surface area contributed by atoms with Gasteiger partial charge in [0, 0.05) is 12.7 Å². The van der Waals surface area contributed by atoms with Crippen molar-refractivity contribution in [1.29, 1.82) is 0 Å². The number of likely N-dealkylation sites (tertiary alicyclic amines) is 1. The second kappa shape index (κ2) is 10.1. The molecule has 1 aromatic heterocycles. The van der Waals surface area contributed by atoms with E-state index in [9.17, 15) is 5.11 Å². The third kappa shape index (κ3) is 4.90. The lowest BCUT2D eigenvalue weighted by Gasteiger charge is -2.46. The van der Waals surface area contributed by atoms with Crippen LogP contribution in [0.15, 0.2) is 58.1 Å². The van der Waals surface area contributed by atoms with Crippen molar-refractivity contribution in [1.82, 2.24) is 4.90 Å². The fraction of sp³-hybridized carbons (Fsp3) is 0.542. The largest absolute Gasteiger partial charge is 0.467 e. The van der Waals surface area contributed by atoms with Gasteiger partial charge in [-0.05, 0) is 37.3 Å². The fourth-order valence-electron chi connectivity index (χ4n) is 4.19. The van der Waals surface area contributed by atoms with Crippen molar-refractivity contribution < 1.29 is 14.3 Å². The molecular formula is C24H34N2O3. The average molecular weight is 399 g/mol. The third-order valence-corrected chi connectivity index (χ3v) is 5.83. The Bertz CT molecular complexity index is 758. The summed E-state index contributed by atoms with van der Waals surface area (Å²) >= 11 is 0. The lowest BCUT2D eigenvalue weighted by atomic mass is 9.89. The molecule has 2 aromatic rings. The van der Waals surface area contributed by atoms with Crippen LogP contribution in [0.25, 0.3) is 0 Å². The number of aliphatic hydroxyl groups is 1. The maximum Gasteiger partial charge on any atom is 0.132 e. The number of benzene rings is 1. The number of piperidine rings is 1. The third-order valence-electron chi connectivity index (χ3n) is 5.83. The lowest BCUT2D eigenvalue weighted by molar-refractivity contribution is 0.0103. The Kier molecular flexibility index (Phi) is 7.51. The van der Waals surface area contributed by atoms with Crippen molar-refractivity contribution in [3.8, 4) is 0 Å². The summed E-state index contributed by atoms with van der Waals surface area (Å²) in [7, 11) is 1.72. The van der Waals surface area contributed by atoms with E-state index >= 15 is 0 Å². The maximum absolute atomic E-state index is 10.8. The van der Waals surface area contributed by atoms with Gasteiger partial charge in [-0.3, -0.25) is 4.99 Å². The van der Waals surface area contributed by atoms with E-state index in [0.29, 0.717) is 12.5 Å². The summed E-state index contributed by atoms with van der Waals surface area (Å²) in [6, 6.07) is 14.3. The summed E-state index contributed by atoms with van der Waals surface area (Å²) in [4.78, 5) is 7.52. The van der Waals surface area contributed by atoms with Gasteiger partial charge in [-0.1, -0.05) is 51.1 Å².